The summed E-state index contributed by atoms with van der Waals surface area (Å²) in [5, 5.41) is 5.30. The number of hydrogen-bond acceptors (Lipinski definition) is 5. The van der Waals surface area contributed by atoms with Crippen LogP contribution in [-0.4, -0.2) is 34.3 Å². The molecule has 2 rings (SSSR count). The molecule has 0 fully saturated rings. The minimum atomic E-state index is -2.94. The molecule has 2 aromatic heterocycles. The molecular weight excluding hydrogens is 370 g/mol. The fourth-order valence-electron chi connectivity index (χ4n) is 2.36. The number of anilines is 1. The summed E-state index contributed by atoms with van der Waals surface area (Å²) in [4.78, 5) is 31.9. The number of hydrogen-bond donors (Lipinski definition) is 2. The highest BCUT2D eigenvalue weighted by molar-refractivity contribution is 5.96. The number of amides is 2. The van der Waals surface area contributed by atoms with Gasteiger partial charge in [-0.3, -0.25) is 9.59 Å². The molecule has 0 bridgehead atoms. The van der Waals surface area contributed by atoms with Gasteiger partial charge in [-0.25, -0.2) is 18.7 Å². The van der Waals surface area contributed by atoms with Gasteiger partial charge in [0.1, 0.15) is 5.82 Å². The van der Waals surface area contributed by atoms with Crippen molar-refractivity contribution in [3.63, 3.8) is 0 Å². The maximum absolute atomic E-state index is 12.9. The third-order valence-electron chi connectivity index (χ3n) is 3.60. The van der Waals surface area contributed by atoms with Crippen molar-refractivity contribution in [1.29, 1.82) is 0 Å². The van der Waals surface area contributed by atoms with Crippen LogP contribution >= 0.6 is 0 Å². The van der Waals surface area contributed by atoms with Gasteiger partial charge in [0.25, 0.3) is 11.8 Å². The minimum Gasteiger partial charge on any atom is -0.471 e. The first kappa shape index (κ1) is 21.2. The van der Waals surface area contributed by atoms with Gasteiger partial charge in [-0.05, 0) is 31.5 Å². The van der Waals surface area contributed by atoms with Crippen LogP contribution in [0, 0.1) is 13.8 Å². The summed E-state index contributed by atoms with van der Waals surface area (Å²) < 4.78 is 30.7. The van der Waals surface area contributed by atoms with Crippen LogP contribution in [0.25, 0.3) is 0 Å². The largest absolute Gasteiger partial charge is 0.471 e. The zero-order valence-electron chi connectivity index (χ0n) is 16.1. The van der Waals surface area contributed by atoms with E-state index in [-0.39, 0.29) is 24.2 Å². The number of nitrogens with one attached hydrogen (secondary N) is 2. The van der Waals surface area contributed by atoms with Crippen molar-refractivity contribution in [3.05, 3.63) is 46.8 Å². The zero-order valence-corrected chi connectivity index (χ0v) is 16.1. The molecule has 0 unspecified atom stereocenters. The summed E-state index contributed by atoms with van der Waals surface area (Å²) >= 11 is 0. The van der Waals surface area contributed by atoms with Gasteiger partial charge in [-0.1, -0.05) is 6.07 Å². The van der Waals surface area contributed by atoms with Crippen LogP contribution in [0.15, 0.2) is 24.3 Å². The van der Waals surface area contributed by atoms with E-state index in [1.165, 1.54) is 19.1 Å². The van der Waals surface area contributed by atoms with Gasteiger partial charge in [0.05, 0.1) is 0 Å². The molecular formula is C19H22F2N4O3. The maximum atomic E-state index is 12.9. The molecule has 0 saturated carbocycles. The molecule has 0 spiro atoms. The number of alkyl halides is 2. The van der Waals surface area contributed by atoms with Crippen LogP contribution < -0.4 is 15.4 Å². The molecule has 2 amide bonds. The molecule has 0 aliphatic carbocycles. The van der Waals surface area contributed by atoms with Gasteiger partial charge in [-0.2, -0.15) is 0 Å². The molecule has 28 heavy (non-hydrogen) atoms. The molecule has 0 aliphatic rings. The number of pyridine rings is 2. The van der Waals surface area contributed by atoms with Crippen LogP contribution in [-0.2, 0) is 11.3 Å². The molecule has 7 nitrogen and oxygen atoms in total. The summed E-state index contributed by atoms with van der Waals surface area (Å²) in [6.07, 6.45) is 0. The number of carbonyl (C=O) groups is 2. The second-order valence-corrected chi connectivity index (χ2v) is 6.50. The Morgan fingerprint density at radius 1 is 1.18 bits per heavy atom. The van der Waals surface area contributed by atoms with Gasteiger partial charge >= 0.3 is 0 Å². The van der Waals surface area contributed by atoms with Gasteiger partial charge in [0.2, 0.25) is 11.8 Å². The summed E-state index contributed by atoms with van der Waals surface area (Å²) in [5.41, 5.74) is 2.22. The Morgan fingerprint density at radius 2 is 1.89 bits per heavy atom. The molecule has 0 atom stereocenters. The summed E-state index contributed by atoms with van der Waals surface area (Å²) in [7, 11) is 0. The van der Waals surface area contributed by atoms with Crippen molar-refractivity contribution in [3.8, 4) is 5.88 Å². The Labute approximate surface area is 161 Å². The van der Waals surface area contributed by atoms with Crippen LogP contribution in [0.4, 0.5) is 14.6 Å². The second kappa shape index (κ2) is 8.73. The third-order valence-corrected chi connectivity index (χ3v) is 3.60. The van der Waals surface area contributed by atoms with Gasteiger partial charge in [0, 0.05) is 43.4 Å². The van der Waals surface area contributed by atoms with E-state index in [9.17, 15) is 18.4 Å². The lowest BCUT2D eigenvalue weighted by molar-refractivity contribution is -0.114. The number of rotatable bonds is 7. The van der Waals surface area contributed by atoms with E-state index in [0.717, 1.165) is 12.5 Å². The Morgan fingerprint density at radius 3 is 2.50 bits per heavy atom. The van der Waals surface area contributed by atoms with E-state index in [4.69, 9.17) is 4.74 Å². The highest BCUT2D eigenvalue weighted by Crippen LogP contribution is 2.17. The SMILES string of the molecule is CC(=O)Nc1cc(C(=O)NCc2ccc(OCC(C)(F)F)nc2C)cc(C)n1. The predicted octanol–water partition coefficient (Wildman–Crippen LogP) is 3.02. The zero-order chi connectivity index (χ0) is 20.9. The third kappa shape index (κ3) is 6.57. The van der Waals surface area contributed by atoms with Crippen LogP contribution in [0.1, 0.15) is 41.2 Å². The molecule has 0 saturated heterocycles. The van der Waals surface area contributed by atoms with Gasteiger partial charge < -0.3 is 15.4 Å². The Hall–Kier alpha value is -3.10. The van der Waals surface area contributed by atoms with E-state index >= 15 is 0 Å². The topological polar surface area (TPSA) is 93.2 Å². The van der Waals surface area contributed by atoms with Crippen molar-refractivity contribution in [2.45, 2.75) is 40.2 Å². The molecule has 0 aliphatic heterocycles. The van der Waals surface area contributed by atoms with Crippen LogP contribution in [0.3, 0.4) is 0 Å². The first-order valence-corrected chi connectivity index (χ1v) is 8.55. The number of carbonyl (C=O) groups excluding carboxylic acids is 2. The normalized spacial score (nSPS) is 11.1. The average Bonchev–Trinajstić information content (AvgIpc) is 2.57. The first-order valence-electron chi connectivity index (χ1n) is 8.55. The Kier molecular flexibility index (Phi) is 6.61. The maximum Gasteiger partial charge on any atom is 0.278 e. The van der Waals surface area contributed by atoms with Crippen LogP contribution in [0.5, 0.6) is 5.88 Å². The quantitative estimate of drug-likeness (QED) is 0.756. The van der Waals surface area contributed by atoms with Crippen molar-refractivity contribution in [2.24, 2.45) is 0 Å². The van der Waals surface area contributed by atoms with E-state index < -0.39 is 12.5 Å². The summed E-state index contributed by atoms with van der Waals surface area (Å²) in [6.45, 7) is 4.97. The number of ether oxygens (including phenoxy) is 1. The van der Waals surface area contributed by atoms with Gasteiger partial charge in [-0.15, -0.1) is 0 Å². The van der Waals surface area contributed by atoms with Crippen molar-refractivity contribution in [1.82, 2.24) is 15.3 Å². The smallest absolute Gasteiger partial charge is 0.278 e. The molecule has 2 aromatic rings. The highest BCUT2D eigenvalue weighted by atomic mass is 19.3. The summed E-state index contributed by atoms with van der Waals surface area (Å²) in [5.74, 6) is -3.18. The van der Waals surface area contributed by atoms with Crippen LogP contribution in [0.2, 0.25) is 0 Å². The standard InChI is InChI=1S/C19H22F2N4O3/c1-11-7-15(8-16(23-11)25-13(3)26)18(27)22-9-14-5-6-17(24-12(14)2)28-10-19(4,20)21/h5-8H,9-10H2,1-4H3,(H,22,27)(H,23,25,26). The fourth-order valence-corrected chi connectivity index (χ4v) is 2.36. The molecule has 2 heterocycles. The Balaban J connectivity index is 2.02. The molecule has 0 aromatic carbocycles. The first-order chi connectivity index (χ1) is 13.0. The van der Waals surface area contributed by atoms with E-state index in [2.05, 4.69) is 20.6 Å². The molecule has 150 valence electrons. The monoisotopic (exact) mass is 392 g/mol. The predicted molar refractivity (Wildman–Crippen MR) is 99.5 cm³/mol. The van der Waals surface area contributed by atoms with Crippen molar-refractivity contribution in [2.75, 3.05) is 11.9 Å². The lowest BCUT2D eigenvalue weighted by atomic mass is 10.1. The molecule has 2 N–H and O–H groups in total. The number of nitrogens with zero attached hydrogens (tertiary/aromatic N) is 2. The van der Waals surface area contributed by atoms with E-state index in [1.54, 1.807) is 26.0 Å². The number of aromatic nitrogens is 2. The number of aryl methyl sites for hydroxylation is 2. The van der Waals surface area contributed by atoms with E-state index in [1.807, 2.05) is 0 Å². The Bertz CT molecular complexity index is 882. The fraction of sp³-hybridized carbons (Fsp3) is 0.368. The molecule has 0 radical (unpaired) electrons. The minimum absolute atomic E-state index is 0.0961. The van der Waals surface area contributed by atoms with Gasteiger partial charge in [0.15, 0.2) is 6.61 Å². The number of halogens is 2. The average molecular weight is 392 g/mol. The summed E-state index contributed by atoms with van der Waals surface area (Å²) in [6, 6.07) is 6.22. The second-order valence-electron chi connectivity index (χ2n) is 6.50. The van der Waals surface area contributed by atoms with E-state index in [0.29, 0.717) is 22.8 Å². The van der Waals surface area contributed by atoms with Crippen molar-refractivity contribution >= 4 is 17.6 Å². The molecule has 9 heteroatoms. The van der Waals surface area contributed by atoms with Crippen molar-refractivity contribution < 1.29 is 23.1 Å². The highest BCUT2D eigenvalue weighted by Gasteiger charge is 2.22. The lowest BCUT2D eigenvalue weighted by Crippen LogP contribution is -2.24. The lowest BCUT2D eigenvalue weighted by Gasteiger charge is -2.13.